The molecule has 5 nitrogen and oxygen atoms in total. The van der Waals surface area contributed by atoms with Crippen LogP contribution in [0.25, 0.3) is 0 Å². The van der Waals surface area contributed by atoms with Crippen LogP contribution < -0.4 is 10.2 Å². The van der Waals surface area contributed by atoms with Crippen molar-refractivity contribution < 1.29 is 14.7 Å². The summed E-state index contributed by atoms with van der Waals surface area (Å²) in [6, 6.07) is 8.42. The van der Waals surface area contributed by atoms with Gasteiger partial charge >= 0.3 is 5.97 Å². The molecule has 2 N–H and O–H groups in total. The molecule has 0 spiro atoms. The lowest BCUT2D eigenvalue weighted by atomic mass is 10.2. The number of carboxylic acids is 1. The number of fused-ring (bicyclic) bond motifs is 1. The van der Waals surface area contributed by atoms with Gasteiger partial charge in [-0.1, -0.05) is 18.2 Å². The molecule has 1 aromatic carbocycles. The van der Waals surface area contributed by atoms with Crippen LogP contribution in [0.4, 0.5) is 5.69 Å². The predicted octanol–water partition coefficient (Wildman–Crippen LogP) is 1.28. The fraction of sp³-hybridized carbons (Fsp3) is 0.500. The Hall–Kier alpha value is -2.04. The summed E-state index contributed by atoms with van der Waals surface area (Å²) in [5.74, 6) is -1.74. The second kappa shape index (κ2) is 5.76. The van der Waals surface area contributed by atoms with E-state index >= 15 is 0 Å². The minimum Gasteiger partial charge on any atom is -0.481 e. The average Bonchev–Trinajstić information content (AvgIpc) is 3.19. The summed E-state index contributed by atoms with van der Waals surface area (Å²) in [5, 5.41) is 11.6. The lowest BCUT2D eigenvalue weighted by Crippen LogP contribution is -2.30. The van der Waals surface area contributed by atoms with Crippen molar-refractivity contribution >= 4 is 17.6 Å². The number of aliphatic carboxylic acids is 1. The number of para-hydroxylation sites is 1. The first-order valence-corrected chi connectivity index (χ1v) is 7.50. The monoisotopic (exact) mass is 288 g/mol. The van der Waals surface area contributed by atoms with Crippen LogP contribution in [-0.2, 0) is 16.0 Å². The highest BCUT2D eigenvalue weighted by Crippen LogP contribution is 2.38. The number of rotatable bonds is 6. The maximum Gasteiger partial charge on any atom is 0.307 e. The van der Waals surface area contributed by atoms with Gasteiger partial charge in [-0.25, -0.2) is 0 Å². The largest absolute Gasteiger partial charge is 0.481 e. The van der Waals surface area contributed by atoms with Crippen LogP contribution in [0.2, 0.25) is 0 Å². The standard InChI is InChI=1S/C16H20N2O3/c19-15(12-10-13(12)16(20)21)17-7-3-8-18-9-6-11-4-1-2-5-14(11)18/h1-2,4-5,12-13H,3,6-10H2,(H,17,19)(H,20,21)/t12-,13+/m1/s1. The molecular formula is C16H20N2O3. The fourth-order valence-corrected chi connectivity index (χ4v) is 3.01. The lowest BCUT2D eigenvalue weighted by Gasteiger charge is -2.19. The molecule has 0 aromatic heterocycles. The van der Waals surface area contributed by atoms with Crippen molar-refractivity contribution in [3.63, 3.8) is 0 Å². The first-order valence-electron chi connectivity index (χ1n) is 7.50. The molecular weight excluding hydrogens is 268 g/mol. The molecule has 3 rings (SSSR count). The van der Waals surface area contributed by atoms with Gasteiger partial charge in [0, 0.05) is 25.3 Å². The molecule has 2 aliphatic rings. The summed E-state index contributed by atoms with van der Waals surface area (Å²) in [6.07, 6.45) is 2.45. The van der Waals surface area contributed by atoms with Gasteiger partial charge in [-0.15, -0.1) is 0 Å². The molecule has 1 saturated carbocycles. The zero-order chi connectivity index (χ0) is 14.8. The van der Waals surface area contributed by atoms with Crippen molar-refractivity contribution in [2.45, 2.75) is 19.3 Å². The molecule has 0 radical (unpaired) electrons. The van der Waals surface area contributed by atoms with Crippen LogP contribution >= 0.6 is 0 Å². The van der Waals surface area contributed by atoms with Crippen molar-refractivity contribution in [2.75, 3.05) is 24.5 Å². The summed E-state index contributed by atoms with van der Waals surface area (Å²) in [5.41, 5.74) is 2.70. The molecule has 1 heterocycles. The van der Waals surface area contributed by atoms with E-state index in [1.807, 2.05) is 0 Å². The number of hydrogen-bond acceptors (Lipinski definition) is 3. The van der Waals surface area contributed by atoms with E-state index in [0.717, 1.165) is 25.9 Å². The van der Waals surface area contributed by atoms with E-state index in [2.05, 4.69) is 34.5 Å². The molecule has 0 unspecified atom stereocenters. The minimum absolute atomic E-state index is 0.107. The van der Waals surface area contributed by atoms with E-state index in [1.54, 1.807) is 0 Å². The molecule has 0 bridgehead atoms. The van der Waals surface area contributed by atoms with Gasteiger partial charge < -0.3 is 15.3 Å². The van der Waals surface area contributed by atoms with Crippen LogP contribution in [0.3, 0.4) is 0 Å². The highest BCUT2D eigenvalue weighted by atomic mass is 16.4. The second-order valence-electron chi connectivity index (χ2n) is 5.80. The number of carbonyl (C=O) groups is 2. The van der Waals surface area contributed by atoms with E-state index in [-0.39, 0.29) is 11.8 Å². The Kier molecular flexibility index (Phi) is 3.82. The number of hydrogen-bond donors (Lipinski definition) is 2. The van der Waals surface area contributed by atoms with Crippen LogP contribution in [0.5, 0.6) is 0 Å². The van der Waals surface area contributed by atoms with E-state index in [1.165, 1.54) is 11.3 Å². The topological polar surface area (TPSA) is 69.6 Å². The molecule has 1 fully saturated rings. The summed E-state index contributed by atoms with van der Waals surface area (Å²) < 4.78 is 0. The second-order valence-corrected chi connectivity index (χ2v) is 5.80. The van der Waals surface area contributed by atoms with Gasteiger partial charge in [0.05, 0.1) is 11.8 Å². The molecule has 2 atom stereocenters. The summed E-state index contributed by atoms with van der Waals surface area (Å²) in [7, 11) is 0. The van der Waals surface area contributed by atoms with Crippen molar-refractivity contribution in [3.05, 3.63) is 29.8 Å². The fourth-order valence-electron chi connectivity index (χ4n) is 3.01. The molecule has 1 aliphatic heterocycles. The van der Waals surface area contributed by atoms with Crippen molar-refractivity contribution in [3.8, 4) is 0 Å². The highest BCUT2D eigenvalue weighted by Gasteiger charge is 2.48. The smallest absolute Gasteiger partial charge is 0.307 e. The minimum atomic E-state index is -0.858. The van der Waals surface area contributed by atoms with E-state index in [0.29, 0.717) is 13.0 Å². The van der Waals surface area contributed by atoms with Gasteiger partial charge in [-0.3, -0.25) is 9.59 Å². The maximum absolute atomic E-state index is 11.7. The summed E-state index contributed by atoms with van der Waals surface area (Å²) >= 11 is 0. The molecule has 1 aliphatic carbocycles. The number of benzene rings is 1. The van der Waals surface area contributed by atoms with Gasteiger partial charge in [0.2, 0.25) is 5.91 Å². The number of nitrogens with one attached hydrogen (secondary N) is 1. The number of amides is 1. The summed E-state index contributed by atoms with van der Waals surface area (Å²) in [6.45, 7) is 2.57. The van der Waals surface area contributed by atoms with Crippen LogP contribution in [0, 0.1) is 11.8 Å². The third kappa shape index (κ3) is 3.01. The highest BCUT2D eigenvalue weighted by molar-refractivity contribution is 5.89. The Balaban J connectivity index is 1.38. The third-order valence-electron chi connectivity index (χ3n) is 4.33. The SMILES string of the molecule is O=C(O)[C@H]1C[C@H]1C(=O)NCCCN1CCc2ccccc21. The van der Waals surface area contributed by atoms with Crippen molar-refractivity contribution in [1.82, 2.24) is 5.32 Å². The van der Waals surface area contributed by atoms with Gasteiger partial charge in [0.25, 0.3) is 0 Å². The molecule has 1 aromatic rings. The molecule has 1 amide bonds. The first-order chi connectivity index (χ1) is 10.2. The molecule has 5 heteroatoms. The van der Waals surface area contributed by atoms with Crippen LogP contribution in [0.15, 0.2) is 24.3 Å². The van der Waals surface area contributed by atoms with E-state index < -0.39 is 11.9 Å². The normalized spacial score (nSPS) is 22.8. The van der Waals surface area contributed by atoms with Crippen molar-refractivity contribution in [2.24, 2.45) is 11.8 Å². The van der Waals surface area contributed by atoms with Crippen LogP contribution in [0.1, 0.15) is 18.4 Å². The number of carbonyl (C=O) groups excluding carboxylic acids is 1. The van der Waals surface area contributed by atoms with Crippen LogP contribution in [-0.4, -0.2) is 36.6 Å². The van der Waals surface area contributed by atoms with Crippen molar-refractivity contribution in [1.29, 1.82) is 0 Å². The molecule has 112 valence electrons. The lowest BCUT2D eigenvalue weighted by molar-refractivity contribution is -0.140. The zero-order valence-electron chi connectivity index (χ0n) is 11.9. The quantitative estimate of drug-likeness (QED) is 0.774. The molecule has 21 heavy (non-hydrogen) atoms. The van der Waals surface area contributed by atoms with E-state index in [9.17, 15) is 9.59 Å². The zero-order valence-corrected chi connectivity index (χ0v) is 11.9. The average molecular weight is 288 g/mol. The maximum atomic E-state index is 11.7. The Morgan fingerprint density at radius 2 is 2.10 bits per heavy atom. The predicted molar refractivity (Wildman–Crippen MR) is 79.2 cm³/mol. The molecule has 0 saturated heterocycles. The number of nitrogens with zero attached hydrogens (tertiary/aromatic N) is 1. The van der Waals surface area contributed by atoms with Gasteiger partial charge in [0.1, 0.15) is 0 Å². The Labute approximate surface area is 123 Å². The Morgan fingerprint density at radius 3 is 2.86 bits per heavy atom. The van der Waals surface area contributed by atoms with E-state index in [4.69, 9.17) is 5.11 Å². The van der Waals surface area contributed by atoms with Gasteiger partial charge in [-0.05, 0) is 30.9 Å². The Morgan fingerprint density at radius 1 is 1.29 bits per heavy atom. The third-order valence-corrected chi connectivity index (χ3v) is 4.33. The number of anilines is 1. The van der Waals surface area contributed by atoms with Gasteiger partial charge in [0.15, 0.2) is 0 Å². The number of carboxylic acid groups (broad SMARTS) is 1. The van der Waals surface area contributed by atoms with Gasteiger partial charge in [-0.2, -0.15) is 0 Å². The Bertz CT molecular complexity index is 558. The first kappa shape index (κ1) is 13.9. The summed E-state index contributed by atoms with van der Waals surface area (Å²) in [4.78, 5) is 24.8.